The van der Waals surface area contributed by atoms with Crippen molar-refractivity contribution in [3.8, 4) is 0 Å². The molecule has 0 bridgehead atoms. The van der Waals surface area contributed by atoms with Crippen molar-refractivity contribution in [2.24, 2.45) is 12.8 Å². The van der Waals surface area contributed by atoms with Gasteiger partial charge in [-0.3, -0.25) is 8.89 Å². The zero-order valence-electron chi connectivity index (χ0n) is 9.16. The molecule has 2 N–H and O–H groups in total. The summed E-state index contributed by atoms with van der Waals surface area (Å²) >= 11 is 6.05. The predicted octanol–water partition coefficient (Wildman–Crippen LogP) is 0.978. The van der Waals surface area contributed by atoms with Gasteiger partial charge in [0.1, 0.15) is 0 Å². The monoisotopic (exact) mass is 249 g/mol. The van der Waals surface area contributed by atoms with Crippen molar-refractivity contribution < 1.29 is 4.21 Å². The maximum atomic E-state index is 11.7. The molecule has 1 aromatic rings. The van der Waals surface area contributed by atoms with E-state index in [0.29, 0.717) is 16.5 Å². The Labute approximate surface area is 97.2 Å². The molecule has 1 rings (SSSR count). The molecule has 0 aliphatic carbocycles. The first-order valence-corrected chi connectivity index (χ1v) is 6.57. The van der Waals surface area contributed by atoms with Crippen LogP contribution in [-0.4, -0.2) is 25.8 Å². The van der Waals surface area contributed by atoms with Gasteiger partial charge in [-0.2, -0.15) is 5.10 Å². The maximum Gasteiger partial charge on any atom is 0.0856 e. The SMILES string of the molecule is Cc1nn(C)c(CS(=O)CC(C)N)c1Cl. The van der Waals surface area contributed by atoms with Gasteiger partial charge < -0.3 is 5.73 Å². The minimum Gasteiger partial charge on any atom is -0.327 e. The van der Waals surface area contributed by atoms with Crippen molar-refractivity contribution in [1.29, 1.82) is 0 Å². The van der Waals surface area contributed by atoms with Crippen LogP contribution in [0.1, 0.15) is 18.3 Å². The summed E-state index contributed by atoms with van der Waals surface area (Å²) in [6, 6.07) is -0.0565. The van der Waals surface area contributed by atoms with Crippen LogP contribution in [0, 0.1) is 6.92 Å². The molecule has 15 heavy (non-hydrogen) atoms. The van der Waals surface area contributed by atoms with Gasteiger partial charge in [0.05, 0.1) is 22.2 Å². The van der Waals surface area contributed by atoms with Crippen molar-refractivity contribution >= 4 is 22.4 Å². The summed E-state index contributed by atoms with van der Waals surface area (Å²) < 4.78 is 13.3. The second-order valence-corrected chi connectivity index (χ2v) is 5.58. The van der Waals surface area contributed by atoms with Crippen molar-refractivity contribution in [2.75, 3.05) is 5.75 Å². The third-order valence-corrected chi connectivity index (χ3v) is 3.99. The summed E-state index contributed by atoms with van der Waals surface area (Å²) in [6.07, 6.45) is 0. The van der Waals surface area contributed by atoms with Crippen LogP contribution in [0.5, 0.6) is 0 Å². The first-order chi connectivity index (χ1) is 6.91. The molecule has 0 saturated heterocycles. The molecule has 1 heterocycles. The van der Waals surface area contributed by atoms with E-state index in [9.17, 15) is 4.21 Å². The van der Waals surface area contributed by atoms with Gasteiger partial charge in [0.25, 0.3) is 0 Å². The van der Waals surface area contributed by atoms with Crippen LogP contribution < -0.4 is 5.73 Å². The van der Waals surface area contributed by atoms with Gasteiger partial charge in [0.2, 0.25) is 0 Å². The van der Waals surface area contributed by atoms with Gasteiger partial charge in [-0.1, -0.05) is 11.6 Å². The first-order valence-electron chi connectivity index (χ1n) is 4.70. The van der Waals surface area contributed by atoms with E-state index in [1.807, 2.05) is 13.8 Å². The Morgan fingerprint density at radius 1 is 1.67 bits per heavy atom. The molecule has 0 fully saturated rings. The fraction of sp³-hybridized carbons (Fsp3) is 0.667. The minimum absolute atomic E-state index is 0.0565. The van der Waals surface area contributed by atoms with Gasteiger partial charge in [0, 0.05) is 29.6 Å². The minimum atomic E-state index is -0.979. The van der Waals surface area contributed by atoms with Crippen molar-refractivity contribution in [1.82, 2.24) is 9.78 Å². The van der Waals surface area contributed by atoms with Gasteiger partial charge >= 0.3 is 0 Å². The zero-order chi connectivity index (χ0) is 11.6. The molecule has 4 nitrogen and oxygen atoms in total. The van der Waals surface area contributed by atoms with E-state index >= 15 is 0 Å². The van der Waals surface area contributed by atoms with E-state index < -0.39 is 10.8 Å². The molecular formula is C9H16ClN3OS. The number of nitrogens with zero attached hydrogens (tertiary/aromatic N) is 2. The summed E-state index contributed by atoms with van der Waals surface area (Å²) in [7, 11) is 0.824. The largest absolute Gasteiger partial charge is 0.327 e. The first kappa shape index (κ1) is 12.7. The molecule has 0 amide bonds. The van der Waals surface area contributed by atoms with Crippen LogP contribution in [0.3, 0.4) is 0 Å². The highest BCUT2D eigenvalue weighted by Crippen LogP contribution is 2.20. The molecule has 0 spiro atoms. The number of aryl methyl sites for hydroxylation is 2. The topological polar surface area (TPSA) is 60.9 Å². The highest BCUT2D eigenvalue weighted by atomic mass is 35.5. The average Bonchev–Trinajstić information content (AvgIpc) is 2.31. The lowest BCUT2D eigenvalue weighted by Crippen LogP contribution is -2.24. The number of hydrogen-bond acceptors (Lipinski definition) is 3. The summed E-state index contributed by atoms with van der Waals surface area (Å²) in [6.45, 7) is 3.67. The Morgan fingerprint density at radius 2 is 2.27 bits per heavy atom. The highest BCUT2D eigenvalue weighted by Gasteiger charge is 2.14. The van der Waals surface area contributed by atoms with Gasteiger partial charge in [-0.15, -0.1) is 0 Å². The van der Waals surface area contributed by atoms with E-state index in [0.717, 1.165) is 11.4 Å². The Hall–Kier alpha value is -0.390. The summed E-state index contributed by atoms with van der Waals surface area (Å²) in [5.41, 5.74) is 7.16. The molecule has 0 saturated carbocycles. The Morgan fingerprint density at radius 3 is 2.67 bits per heavy atom. The summed E-state index contributed by atoms with van der Waals surface area (Å²) in [4.78, 5) is 0. The predicted molar refractivity (Wildman–Crippen MR) is 63.3 cm³/mol. The molecule has 2 atom stereocenters. The van der Waals surface area contributed by atoms with Crippen LogP contribution in [0.4, 0.5) is 0 Å². The van der Waals surface area contributed by atoms with Gasteiger partial charge in [-0.25, -0.2) is 0 Å². The van der Waals surface area contributed by atoms with Gasteiger partial charge in [0.15, 0.2) is 0 Å². The van der Waals surface area contributed by atoms with Crippen molar-refractivity contribution in [3.05, 3.63) is 16.4 Å². The van der Waals surface area contributed by atoms with Crippen LogP contribution in [0.25, 0.3) is 0 Å². The number of aromatic nitrogens is 2. The standard InChI is InChI=1S/C9H16ClN3OS/c1-6(11)4-15(14)5-8-9(10)7(2)12-13(8)3/h6H,4-5,11H2,1-3H3. The van der Waals surface area contributed by atoms with Crippen LogP contribution >= 0.6 is 11.6 Å². The summed E-state index contributed by atoms with van der Waals surface area (Å²) in [5.74, 6) is 0.901. The number of nitrogens with two attached hydrogens (primary N) is 1. The van der Waals surface area contributed by atoms with Crippen LogP contribution in [0.2, 0.25) is 5.02 Å². The lowest BCUT2D eigenvalue weighted by atomic mass is 10.4. The Kier molecular flexibility index (Phi) is 4.31. The molecule has 0 radical (unpaired) electrons. The van der Waals surface area contributed by atoms with Crippen molar-refractivity contribution in [3.63, 3.8) is 0 Å². The molecule has 1 aromatic heterocycles. The quantitative estimate of drug-likeness (QED) is 0.865. The number of rotatable bonds is 4. The smallest absolute Gasteiger partial charge is 0.0856 e. The molecule has 6 heteroatoms. The molecule has 2 unspecified atom stereocenters. The van der Waals surface area contributed by atoms with Gasteiger partial charge in [-0.05, 0) is 13.8 Å². The normalized spacial score (nSPS) is 15.3. The van der Waals surface area contributed by atoms with E-state index in [2.05, 4.69) is 5.10 Å². The van der Waals surface area contributed by atoms with Crippen LogP contribution in [0.15, 0.2) is 0 Å². The van der Waals surface area contributed by atoms with Crippen molar-refractivity contribution in [2.45, 2.75) is 25.6 Å². The number of hydrogen-bond donors (Lipinski definition) is 1. The second kappa shape index (κ2) is 5.09. The molecular weight excluding hydrogens is 234 g/mol. The average molecular weight is 250 g/mol. The number of halogens is 1. The summed E-state index contributed by atoms with van der Waals surface area (Å²) in [5, 5.41) is 4.77. The van der Waals surface area contributed by atoms with E-state index in [4.69, 9.17) is 17.3 Å². The molecule has 0 aliphatic rings. The van der Waals surface area contributed by atoms with E-state index in [1.54, 1.807) is 11.7 Å². The molecule has 0 aromatic carbocycles. The zero-order valence-corrected chi connectivity index (χ0v) is 10.7. The fourth-order valence-corrected chi connectivity index (χ4v) is 2.99. The van der Waals surface area contributed by atoms with Crippen LogP contribution in [-0.2, 0) is 23.6 Å². The lowest BCUT2D eigenvalue weighted by molar-refractivity contribution is 0.670. The molecule has 86 valence electrons. The fourth-order valence-electron chi connectivity index (χ4n) is 1.34. The Balaban J connectivity index is 2.76. The highest BCUT2D eigenvalue weighted by molar-refractivity contribution is 7.84. The lowest BCUT2D eigenvalue weighted by Gasteiger charge is -2.06. The second-order valence-electron chi connectivity index (χ2n) is 3.70. The Bertz CT molecular complexity index is 376. The third kappa shape index (κ3) is 3.29. The van der Waals surface area contributed by atoms with E-state index in [-0.39, 0.29) is 6.04 Å². The third-order valence-electron chi connectivity index (χ3n) is 2.01. The van der Waals surface area contributed by atoms with E-state index in [1.165, 1.54) is 0 Å². The molecule has 0 aliphatic heterocycles. The maximum absolute atomic E-state index is 11.7.